The lowest BCUT2D eigenvalue weighted by molar-refractivity contribution is 0.130. The Morgan fingerprint density at radius 3 is 1.68 bits per heavy atom. The van der Waals surface area contributed by atoms with Gasteiger partial charge in [0.1, 0.15) is 0 Å². The van der Waals surface area contributed by atoms with E-state index < -0.39 is 13.4 Å². The van der Waals surface area contributed by atoms with Crippen molar-refractivity contribution in [1.29, 1.82) is 0 Å². The summed E-state index contributed by atoms with van der Waals surface area (Å²) in [6, 6.07) is 18.8. The summed E-state index contributed by atoms with van der Waals surface area (Å²) in [5.41, 5.74) is 1.77. The highest BCUT2D eigenvalue weighted by molar-refractivity contribution is 7.54. The molecule has 0 bridgehead atoms. The predicted molar refractivity (Wildman–Crippen MR) is 86.4 cm³/mol. The minimum absolute atomic E-state index is 0.143. The number of hydrogen-bond acceptors (Lipinski definition) is 4. The maximum absolute atomic E-state index is 12.8. The van der Waals surface area contributed by atoms with Crippen LogP contribution in [-0.2, 0) is 26.8 Å². The molecule has 2 aromatic carbocycles. The van der Waals surface area contributed by atoms with Crippen molar-refractivity contribution in [2.75, 3.05) is 0 Å². The Balaban J connectivity index is 2.02. The molecule has 0 fully saturated rings. The molecule has 2 aromatic rings. The highest BCUT2D eigenvalue weighted by Crippen LogP contribution is 2.54. The van der Waals surface area contributed by atoms with Crippen molar-refractivity contribution in [2.24, 2.45) is 0 Å². The standard InChI is InChI=1S/C17H21O4P/c1-2-17(18)22(19,20-13-15-9-5-3-6-10-15)21-14-16-11-7-4-8-12-16/h3-12,17-18H,2,13-14H2,1H3/t17-/m1/s1. The quantitative estimate of drug-likeness (QED) is 0.735. The minimum atomic E-state index is -3.59. The molecule has 118 valence electrons. The predicted octanol–water partition coefficient (Wildman–Crippen LogP) is 4.34. The molecule has 0 aliphatic heterocycles. The fourth-order valence-electron chi connectivity index (χ4n) is 1.91. The van der Waals surface area contributed by atoms with E-state index >= 15 is 0 Å². The van der Waals surface area contributed by atoms with Crippen molar-refractivity contribution < 1.29 is 18.7 Å². The molecular weight excluding hydrogens is 299 g/mol. The fourth-order valence-corrected chi connectivity index (χ4v) is 3.43. The molecule has 0 unspecified atom stereocenters. The smallest absolute Gasteiger partial charge is 0.359 e. The zero-order valence-electron chi connectivity index (χ0n) is 12.6. The van der Waals surface area contributed by atoms with Crippen LogP contribution in [0.2, 0.25) is 0 Å². The highest BCUT2D eigenvalue weighted by atomic mass is 31.2. The van der Waals surface area contributed by atoms with Crippen LogP contribution < -0.4 is 0 Å². The Morgan fingerprint density at radius 2 is 1.32 bits per heavy atom. The van der Waals surface area contributed by atoms with Crippen molar-refractivity contribution in [3.05, 3.63) is 71.8 Å². The molecule has 0 aliphatic carbocycles. The first kappa shape index (κ1) is 16.9. The van der Waals surface area contributed by atoms with Crippen LogP contribution in [0.5, 0.6) is 0 Å². The van der Waals surface area contributed by atoms with Crippen molar-refractivity contribution >= 4 is 7.60 Å². The van der Waals surface area contributed by atoms with Crippen LogP contribution in [0.4, 0.5) is 0 Å². The minimum Gasteiger partial charge on any atom is -0.380 e. The maximum atomic E-state index is 12.8. The summed E-state index contributed by atoms with van der Waals surface area (Å²) in [4.78, 5) is 0. The zero-order chi connectivity index (χ0) is 15.8. The summed E-state index contributed by atoms with van der Waals surface area (Å²) in [5.74, 6) is -1.13. The lowest BCUT2D eigenvalue weighted by Crippen LogP contribution is -2.11. The molecule has 0 radical (unpaired) electrons. The van der Waals surface area contributed by atoms with E-state index in [1.807, 2.05) is 60.7 Å². The first-order valence-electron chi connectivity index (χ1n) is 7.29. The molecule has 2 rings (SSSR count). The Kier molecular flexibility index (Phi) is 6.34. The van der Waals surface area contributed by atoms with Crippen LogP contribution in [-0.4, -0.2) is 11.0 Å². The van der Waals surface area contributed by atoms with E-state index in [0.29, 0.717) is 6.42 Å². The lowest BCUT2D eigenvalue weighted by Gasteiger charge is -2.22. The van der Waals surface area contributed by atoms with E-state index in [1.165, 1.54) is 0 Å². The van der Waals surface area contributed by atoms with Crippen LogP contribution in [0, 0.1) is 0 Å². The van der Waals surface area contributed by atoms with E-state index in [1.54, 1.807) is 6.92 Å². The summed E-state index contributed by atoms with van der Waals surface area (Å²) in [6.07, 6.45) is 0.306. The van der Waals surface area contributed by atoms with Gasteiger partial charge in [-0.1, -0.05) is 67.6 Å². The van der Waals surface area contributed by atoms with Gasteiger partial charge in [0.25, 0.3) is 0 Å². The first-order valence-corrected chi connectivity index (χ1v) is 8.90. The molecule has 0 aliphatic rings. The van der Waals surface area contributed by atoms with Crippen molar-refractivity contribution in [2.45, 2.75) is 32.4 Å². The van der Waals surface area contributed by atoms with E-state index in [9.17, 15) is 9.67 Å². The van der Waals surface area contributed by atoms with Gasteiger partial charge in [-0.2, -0.15) is 0 Å². The van der Waals surface area contributed by atoms with Crippen molar-refractivity contribution in [1.82, 2.24) is 0 Å². The average molecular weight is 320 g/mol. The topological polar surface area (TPSA) is 55.8 Å². The highest BCUT2D eigenvalue weighted by Gasteiger charge is 2.33. The summed E-state index contributed by atoms with van der Waals surface area (Å²) in [5, 5.41) is 10.0. The summed E-state index contributed by atoms with van der Waals surface area (Å²) >= 11 is 0. The number of aliphatic hydroxyl groups is 1. The van der Waals surface area contributed by atoms with E-state index in [0.717, 1.165) is 11.1 Å². The van der Waals surface area contributed by atoms with Gasteiger partial charge in [0.15, 0.2) is 5.85 Å². The number of aliphatic hydroxyl groups excluding tert-OH is 1. The van der Waals surface area contributed by atoms with Crippen LogP contribution in [0.3, 0.4) is 0 Å². The van der Waals surface area contributed by atoms with Gasteiger partial charge in [-0.25, -0.2) is 0 Å². The molecule has 1 atom stereocenters. The second kappa shape index (κ2) is 8.25. The second-order valence-electron chi connectivity index (χ2n) is 4.95. The number of benzene rings is 2. The van der Waals surface area contributed by atoms with Gasteiger partial charge in [-0.15, -0.1) is 0 Å². The van der Waals surface area contributed by atoms with Crippen LogP contribution >= 0.6 is 7.60 Å². The van der Waals surface area contributed by atoms with Crippen molar-refractivity contribution in [3.8, 4) is 0 Å². The molecule has 5 heteroatoms. The second-order valence-corrected chi connectivity index (χ2v) is 7.14. The van der Waals surface area contributed by atoms with Crippen LogP contribution in [0.15, 0.2) is 60.7 Å². The monoisotopic (exact) mass is 320 g/mol. The summed E-state index contributed by atoms with van der Waals surface area (Å²) in [7, 11) is -3.59. The molecule has 0 aromatic heterocycles. The largest absolute Gasteiger partial charge is 0.380 e. The zero-order valence-corrected chi connectivity index (χ0v) is 13.5. The molecule has 1 N–H and O–H groups in total. The third-order valence-corrected chi connectivity index (χ3v) is 5.31. The third kappa shape index (κ3) is 4.79. The summed E-state index contributed by atoms with van der Waals surface area (Å²) in [6.45, 7) is 2.03. The molecule has 0 heterocycles. The summed E-state index contributed by atoms with van der Waals surface area (Å²) < 4.78 is 23.7. The van der Waals surface area contributed by atoms with Crippen LogP contribution in [0.25, 0.3) is 0 Å². The molecule has 4 nitrogen and oxygen atoms in total. The van der Waals surface area contributed by atoms with Gasteiger partial charge in [-0.3, -0.25) is 4.57 Å². The molecular formula is C17H21O4P. The van der Waals surface area contributed by atoms with Gasteiger partial charge in [-0.05, 0) is 17.5 Å². The van der Waals surface area contributed by atoms with E-state index in [-0.39, 0.29) is 13.2 Å². The molecule has 0 saturated heterocycles. The molecule has 0 saturated carbocycles. The van der Waals surface area contributed by atoms with Gasteiger partial charge in [0, 0.05) is 0 Å². The van der Waals surface area contributed by atoms with E-state index in [2.05, 4.69) is 0 Å². The van der Waals surface area contributed by atoms with Gasteiger partial charge >= 0.3 is 7.60 Å². The lowest BCUT2D eigenvalue weighted by atomic mass is 10.2. The molecule has 22 heavy (non-hydrogen) atoms. The Hall–Kier alpha value is -1.45. The number of rotatable bonds is 8. The Bertz CT molecular complexity index is 553. The number of hydrogen-bond donors (Lipinski definition) is 1. The fraction of sp³-hybridized carbons (Fsp3) is 0.294. The first-order chi connectivity index (χ1) is 10.6. The molecule has 0 amide bonds. The van der Waals surface area contributed by atoms with Crippen LogP contribution in [0.1, 0.15) is 24.5 Å². The van der Waals surface area contributed by atoms with Gasteiger partial charge in [0.2, 0.25) is 0 Å². The van der Waals surface area contributed by atoms with Gasteiger partial charge < -0.3 is 14.2 Å². The van der Waals surface area contributed by atoms with E-state index in [4.69, 9.17) is 9.05 Å². The maximum Gasteiger partial charge on any atom is 0.359 e. The Morgan fingerprint density at radius 1 is 0.909 bits per heavy atom. The van der Waals surface area contributed by atoms with Gasteiger partial charge in [0.05, 0.1) is 13.2 Å². The third-order valence-electron chi connectivity index (χ3n) is 3.24. The Labute approximate surface area is 131 Å². The van der Waals surface area contributed by atoms with Crippen molar-refractivity contribution in [3.63, 3.8) is 0 Å². The molecule has 0 spiro atoms. The average Bonchev–Trinajstić information content (AvgIpc) is 2.59. The normalized spacial score (nSPS) is 13.0. The SMILES string of the molecule is CC[C@H](O)P(=O)(OCc1ccccc1)OCc1ccccc1.